The molecule has 0 aliphatic heterocycles. The predicted octanol–water partition coefficient (Wildman–Crippen LogP) is 1.42. The van der Waals surface area contributed by atoms with E-state index in [1.165, 1.54) is 39.5 Å². The first kappa shape index (κ1) is 17.3. The minimum atomic E-state index is -0.603. The molecule has 2 aromatic rings. The third-order valence-electron chi connectivity index (χ3n) is 3.01. The molecule has 0 amide bonds. The molecule has 2 rings (SSSR count). The minimum absolute atomic E-state index is 0.00294. The molecule has 0 unspecified atom stereocenters. The van der Waals surface area contributed by atoms with Crippen molar-refractivity contribution in [2.24, 2.45) is 5.10 Å². The quantitative estimate of drug-likeness (QED) is 0.374. The van der Waals surface area contributed by atoms with Crippen LogP contribution in [0, 0.1) is 21.8 Å². The summed E-state index contributed by atoms with van der Waals surface area (Å²) in [5, 5.41) is 21.3. The molecule has 0 bridgehead atoms. The Kier molecular flexibility index (Phi) is 5.04. The Morgan fingerprint density at radius 2 is 2.12 bits per heavy atom. The first-order valence-electron chi connectivity index (χ1n) is 6.52. The maximum absolute atomic E-state index is 12.0. The molecule has 0 aliphatic rings. The summed E-state index contributed by atoms with van der Waals surface area (Å²) in [7, 11) is 2.66. The van der Waals surface area contributed by atoms with Gasteiger partial charge in [-0.05, 0) is 25.2 Å². The van der Waals surface area contributed by atoms with E-state index in [0.717, 1.165) is 4.68 Å². The second kappa shape index (κ2) is 7.00. The van der Waals surface area contributed by atoms with Crippen LogP contribution in [0.2, 0.25) is 0 Å². The molecule has 1 N–H and O–H groups in total. The molecule has 0 fully saturated rings. The average Bonchev–Trinajstić information content (AvgIpc) is 2.57. The van der Waals surface area contributed by atoms with E-state index in [0.29, 0.717) is 5.56 Å². The molecule has 10 nitrogen and oxygen atoms in total. The van der Waals surface area contributed by atoms with E-state index in [1.54, 1.807) is 0 Å². The van der Waals surface area contributed by atoms with Gasteiger partial charge in [0.1, 0.15) is 5.69 Å². The molecule has 1 aromatic carbocycles. The molecular weight excluding hydrogens is 338 g/mol. The number of nitrogens with one attached hydrogen (secondary N) is 1. The number of nitro groups is 1. The SMILES string of the molecule is COc1cc(/C=N\n2c(=S)[nH]nc(C)c2=O)cc([N+](=O)[O-])c1OC. The van der Waals surface area contributed by atoms with Gasteiger partial charge in [-0.2, -0.15) is 14.9 Å². The number of rotatable bonds is 5. The van der Waals surface area contributed by atoms with Crippen LogP contribution in [-0.2, 0) is 0 Å². The van der Waals surface area contributed by atoms with Crippen LogP contribution >= 0.6 is 12.2 Å². The molecule has 0 saturated carbocycles. The van der Waals surface area contributed by atoms with Gasteiger partial charge in [0.15, 0.2) is 5.75 Å². The summed E-state index contributed by atoms with van der Waals surface area (Å²) < 4.78 is 11.0. The third-order valence-corrected chi connectivity index (χ3v) is 3.28. The number of hydrogen-bond acceptors (Lipinski definition) is 8. The number of nitrogens with zero attached hydrogens (tertiary/aromatic N) is 4. The number of nitro benzene ring substituents is 1. The lowest BCUT2D eigenvalue weighted by atomic mass is 10.2. The molecule has 0 aliphatic carbocycles. The van der Waals surface area contributed by atoms with Crippen LogP contribution in [0.5, 0.6) is 11.5 Å². The van der Waals surface area contributed by atoms with Gasteiger partial charge in [-0.25, -0.2) is 0 Å². The normalized spacial score (nSPS) is 10.8. The Bertz CT molecular complexity index is 933. The fourth-order valence-electron chi connectivity index (χ4n) is 1.88. The van der Waals surface area contributed by atoms with Gasteiger partial charge in [0, 0.05) is 11.6 Å². The van der Waals surface area contributed by atoms with Crippen LogP contribution in [0.25, 0.3) is 0 Å². The zero-order valence-electron chi connectivity index (χ0n) is 13.0. The van der Waals surface area contributed by atoms with Gasteiger partial charge in [-0.15, -0.1) is 0 Å². The zero-order valence-corrected chi connectivity index (χ0v) is 13.8. The maximum Gasteiger partial charge on any atom is 0.315 e. The van der Waals surface area contributed by atoms with Gasteiger partial charge in [0.25, 0.3) is 5.56 Å². The summed E-state index contributed by atoms with van der Waals surface area (Å²) in [5.74, 6) is 0.158. The number of methoxy groups -OCH3 is 2. The van der Waals surface area contributed by atoms with Crippen LogP contribution in [0.3, 0.4) is 0 Å². The lowest BCUT2D eigenvalue weighted by molar-refractivity contribution is -0.385. The average molecular weight is 351 g/mol. The summed E-state index contributed by atoms with van der Waals surface area (Å²) in [6, 6.07) is 2.73. The largest absolute Gasteiger partial charge is 0.493 e. The minimum Gasteiger partial charge on any atom is -0.493 e. The fourth-order valence-corrected chi connectivity index (χ4v) is 2.05. The standard InChI is InChI=1S/C13H13N5O5S/c1-7-12(19)17(13(24)16-15-7)14-6-8-4-9(18(20)21)11(23-3)10(5-8)22-2/h4-6H,1-3H3,(H,16,24)/b14-6-. The lowest BCUT2D eigenvalue weighted by Crippen LogP contribution is -2.22. The molecule has 0 spiro atoms. The highest BCUT2D eigenvalue weighted by atomic mass is 32.1. The molecule has 24 heavy (non-hydrogen) atoms. The highest BCUT2D eigenvalue weighted by Crippen LogP contribution is 2.37. The van der Waals surface area contributed by atoms with Crippen molar-refractivity contribution in [3.8, 4) is 11.5 Å². The van der Waals surface area contributed by atoms with E-state index in [2.05, 4.69) is 15.3 Å². The second-order valence-electron chi connectivity index (χ2n) is 4.51. The smallest absolute Gasteiger partial charge is 0.315 e. The van der Waals surface area contributed by atoms with Crippen LogP contribution in [0.1, 0.15) is 11.3 Å². The Labute approximate surface area is 140 Å². The lowest BCUT2D eigenvalue weighted by Gasteiger charge is -2.08. The predicted molar refractivity (Wildman–Crippen MR) is 87.6 cm³/mol. The number of aryl methyl sites for hydroxylation is 1. The van der Waals surface area contributed by atoms with Crippen LogP contribution < -0.4 is 15.0 Å². The summed E-state index contributed by atoms with van der Waals surface area (Å²) in [4.78, 5) is 22.5. The third kappa shape index (κ3) is 3.30. The van der Waals surface area contributed by atoms with Crippen molar-refractivity contribution in [3.05, 3.63) is 48.6 Å². The Balaban J connectivity index is 2.57. The van der Waals surface area contributed by atoms with E-state index < -0.39 is 10.5 Å². The second-order valence-corrected chi connectivity index (χ2v) is 4.90. The Hall–Kier alpha value is -3.08. The maximum atomic E-state index is 12.0. The van der Waals surface area contributed by atoms with E-state index in [9.17, 15) is 14.9 Å². The highest BCUT2D eigenvalue weighted by molar-refractivity contribution is 7.71. The Morgan fingerprint density at radius 3 is 2.71 bits per heavy atom. The molecule has 1 aromatic heterocycles. The first-order valence-corrected chi connectivity index (χ1v) is 6.93. The molecule has 126 valence electrons. The van der Waals surface area contributed by atoms with Gasteiger partial charge in [0.05, 0.1) is 25.4 Å². The number of ether oxygens (including phenoxy) is 2. The van der Waals surface area contributed by atoms with Crippen molar-refractivity contribution in [1.82, 2.24) is 14.9 Å². The van der Waals surface area contributed by atoms with Gasteiger partial charge in [0.2, 0.25) is 10.5 Å². The number of aromatic amines is 1. The first-order chi connectivity index (χ1) is 11.4. The summed E-state index contributed by atoms with van der Waals surface area (Å²) in [6.45, 7) is 1.50. The summed E-state index contributed by atoms with van der Waals surface area (Å²) in [5.41, 5.74) is -0.277. The highest BCUT2D eigenvalue weighted by Gasteiger charge is 2.21. The monoisotopic (exact) mass is 351 g/mol. The van der Waals surface area contributed by atoms with E-state index in [1.807, 2.05) is 0 Å². The van der Waals surface area contributed by atoms with Gasteiger partial charge in [-0.1, -0.05) is 0 Å². The zero-order chi connectivity index (χ0) is 17.9. The fraction of sp³-hybridized carbons (Fsp3) is 0.231. The molecule has 1 heterocycles. The van der Waals surface area contributed by atoms with Crippen LogP contribution in [0.4, 0.5) is 5.69 Å². The van der Waals surface area contributed by atoms with Crippen molar-refractivity contribution in [2.75, 3.05) is 14.2 Å². The summed E-state index contributed by atoms with van der Waals surface area (Å²) in [6.07, 6.45) is 1.25. The molecule has 0 saturated heterocycles. The van der Waals surface area contributed by atoms with E-state index in [-0.39, 0.29) is 27.7 Å². The van der Waals surface area contributed by atoms with Crippen LogP contribution in [-0.4, -0.2) is 40.2 Å². The molecule has 11 heteroatoms. The number of benzene rings is 1. The van der Waals surface area contributed by atoms with Crippen molar-refractivity contribution in [3.63, 3.8) is 0 Å². The number of aromatic nitrogens is 3. The van der Waals surface area contributed by atoms with Crippen LogP contribution in [0.15, 0.2) is 22.0 Å². The Morgan fingerprint density at radius 1 is 1.42 bits per heavy atom. The van der Waals surface area contributed by atoms with Crippen molar-refractivity contribution in [1.29, 1.82) is 0 Å². The van der Waals surface area contributed by atoms with Crippen molar-refractivity contribution >= 4 is 24.1 Å². The van der Waals surface area contributed by atoms with Gasteiger partial charge in [-0.3, -0.25) is 20.0 Å². The van der Waals surface area contributed by atoms with Gasteiger partial charge < -0.3 is 9.47 Å². The molecular formula is C13H13N5O5S. The topological polar surface area (TPSA) is 125 Å². The molecule has 0 radical (unpaired) electrons. The summed E-state index contributed by atoms with van der Waals surface area (Å²) >= 11 is 4.95. The molecule has 0 atom stereocenters. The van der Waals surface area contributed by atoms with E-state index >= 15 is 0 Å². The number of hydrogen-bond donors (Lipinski definition) is 1. The van der Waals surface area contributed by atoms with E-state index in [4.69, 9.17) is 21.7 Å². The van der Waals surface area contributed by atoms with Crippen molar-refractivity contribution in [2.45, 2.75) is 6.92 Å². The van der Waals surface area contributed by atoms with Crippen molar-refractivity contribution < 1.29 is 14.4 Å². The van der Waals surface area contributed by atoms with Gasteiger partial charge >= 0.3 is 5.69 Å². The number of H-pyrrole nitrogens is 1.